The van der Waals surface area contributed by atoms with Crippen LogP contribution in [0.4, 0.5) is 0 Å². The van der Waals surface area contributed by atoms with Gasteiger partial charge in [0.05, 0.1) is 5.75 Å². The third-order valence-corrected chi connectivity index (χ3v) is 4.14. The van der Waals surface area contributed by atoms with Crippen LogP contribution >= 0.6 is 11.8 Å². The van der Waals surface area contributed by atoms with Crippen molar-refractivity contribution in [2.45, 2.75) is 31.4 Å². The summed E-state index contributed by atoms with van der Waals surface area (Å²) in [5, 5.41) is 0. The first-order valence-corrected chi connectivity index (χ1v) is 6.41. The number of aryl methyl sites for hydroxylation is 1. The van der Waals surface area contributed by atoms with Crippen molar-refractivity contribution in [1.82, 2.24) is 0 Å². The molecule has 0 radical (unpaired) electrons. The molecule has 0 unspecified atom stereocenters. The minimum absolute atomic E-state index is 0.253. The largest absolute Gasteiger partial charge is 0.299 e. The van der Waals surface area contributed by atoms with Crippen LogP contribution in [-0.2, 0) is 11.2 Å². The molecular formula is C12H15BOS. The van der Waals surface area contributed by atoms with Gasteiger partial charge in [-0.3, -0.25) is 4.79 Å². The van der Waals surface area contributed by atoms with Gasteiger partial charge in [0, 0.05) is 4.90 Å². The van der Waals surface area contributed by atoms with Crippen LogP contribution in [0, 0.1) is 0 Å². The van der Waals surface area contributed by atoms with Gasteiger partial charge >= 0.3 is 0 Å². The molecule has 1 aliphatic heterocycles. The number of hydrogen-bond acceptors (Lipinski definition) is 2. The van der Waals surface area contributed by atoms with Crippen LogP contribution in [0.3, 0.4) is 0 Å². The van der Waals surface area contributed by atoms with E-state index in [2.05, 4.69) is 25.0 Å². The van der Waals surface area contributed by atoms with Crippen LogP contribution in [0.2, 0.25) is 13.1 Å². The van der Waals surface area contributed by atoms with Crippen LogP contribution in [0.15, 0.2) is 23.1 Å². The number of rotatable bonds is 3. The molecule has 0 atom stereocenters. The van der Waals surface area contributed by atoms with E-state index in [0.717, 1.165) is 0 Å². The summed E-state index contributed by atoms with van der Waals surface area (Å²) in [6, 6.07) is 6.48. The molecule has 3 heteroatoms. The number of thioether (sulfide) groups is 1. The molecule has 2 rings (SSSR count). The maximum absolute atomic E-state index is 11.0. The first kappa shape index (κ1) is 10.8. The quantitative estimate of drug-likeness (QED) is 0.571. The van der Waals surface area contributed by atoms with Crippen molar-refractivity contribution in [1.29, 1.82) is 0 Å². The van der Waals surface area contributed by atoms with Gasteiger partial charge in [0.15, 0.2) is 6.71 Å². The van der Waals surface area contributed by atoms with E-state index in [1.165, 1.54) is 28.7 Å². The second-order valence-corrected chi connectivity index (χ2v) is 5.28. The fourth-order valence-electron chi connectivity index (χ4n) is 2.19. The summed E-state index contributed by atoms with van der Waals surface area (Å²) in [5.41, 5.74) is 2.97. The number of carbonyl (C=O) groups excluding carboxylic acids is 1. The van der Waals surface area contributed by atoms with Gasteiger partial charge < -0.3 is 0 Å². The summed E-state index contributed by atoms with van der Waals surface area (Å²) in [4.78, 5) is 12.3. The van der Waals surface area contributed by atoms with E-state index < -0.39 is 0 Å². The molecule has 0 amide bonds. The van der Waals surface area contributed by atoms with E-state index >= 15 is 0 Å². The Bertz CT molecular complexity index is 389. The standard InChI is InChI=1S/C12H15BOS/c1-9(14)8-15-11-5-3-4-10-6-7-13(2)12(10)11/h3-5H,6-8H2,1-2H3. The van der Waals surface area contributed by atoms with Gasteiger partial charge in [-0.2, -0.15) is 0 Å². The molecule has 0 bridgehead atoms. The van der Waals surface area contributed by atoms with Crippen LogP contribution in [-0.4, -0.2) is 18.2 Å². The van der Waals surface area contributed by atoms with Crippen molar-refractivity contribution in [3.63, 3.8) is 0 Å². The SMILES string of the molecule is CB1CCc2cccc(SCC(C)=O)c21. The number of carbonyl (C=O) groups is 1. The van der Waals surface area contributed by atoms with E-state index in [1.807, 2.05) is 0 Å². The highest BCUT2D eigenvalue weighted by Gasteiger charge is 2.24. The molecule has 1 heterocycles. The molecule has 0 saturated heterocycles. The zero-order valence-electron chi connectivity index (χ0n) is 9.25. The van der Waals surface area contributed by atoms with Gasteiger partial charge in [-0.25, -0.2) is 0 Å². The normalized spacial score (nSPS) is 14.1. The van der Waals surface area contributed by atoms with Crippen molar-refractivity contribution in [2.24, 2.45) is 0 Å². The Hall–Kier alpha value is -0.695. The number of ketones is 1. The molecule has 0 N–H and O–H groups in total. The molecule has 0 spiro atoms. The van der Waals surface area contributed by atoms with E-state index in [1.54, 1.807) is 18.7 Å². The number of Topliss-reactive ketones (excluding diaryl/α,β-unsaturated/α-hetero) is 1. The Morgan fingerprint density at radius 1 is 1.53 bits per heavy atom. The second-order valence-electron chi connectivity index (χ2n) is 4.26. The average molecular weight is 218 g/mol. The van der Waals surface area contributed by atoms with Crippen LogP contribution in [0.5, 0.6) is 0 Å². The molecule has 78 valence electrons. The molecule has 0 aliphatic carbocycles. The zero-order chi connectivity index (χ0) is 10.8. The van der Waals surface area contributed by atoms with Crippen molar-refractivity contribution in [3.05, 3.63) is 23.8 Å². The van der Waals surface area contributed by atoms with Crippen molar-refractivity contribution in [2.75, 3.05) is 5.75 Å². The van der Waals surface area contributed by atoms with Gasteiger partial charge in [-0.05, 0) is 19.4 Å². The highest BCUT2D eigenvalue weighted by molar-refractivity contribution is 8.00. The summed E-state index contributed by atoms with van der Waals surface area (Å²) >= 11 is 1.69. The molecule has 0 fully saturated rings. The van der Waals surface area contributed by atoms with Crippen LogP contribution < -0.4 is 5.46 Å². The number of fused-ring (bicyclic) bond motifs is 1. The molecule has 1 aliphatic rings. The summed E-state index contributed by atoms with van der Waals surface area (Å²) in [7, 11) is 0. The molecule has 1 aromatic rings. The smallest absolute Gasteiger partial charge is 0.174 e. The van der Waals surface area contributed by atoms with Crippen LogP contribution in [0.1, 0.15) is 12.5 Å². The average Bonchev–Trinajstić information content (AvgIpc) is 2.58. The first-order chi connectivity index (χ1) is 7.18. The van der Waals surface area contributed by atoms with Crippen LogP contribution in [0.25, 0.3) is 0 Å². The lowest BCUT2D eigenvalue weighted by molar-refractivity contribution is -0.114. The maximum Gasteiger partial charge on any atom is 0.174 e. The molecular weight excluding hydrogens is 203 g/mol. The molecule has 1 aromatic carbocycles. The summed E-state index contributed by atoms with van der Waals surface area (Å²) < 4.78 is 0. The minimum Gasteiger partial charge on any atom is -0.299 e. The lowest BCUT2D eigenvalue weighted by Gasteiger charge is -2.09. The Morgan fingerprint density at radius 3 is 3.07 bits per heavy atom. The third kappa shape index (κ3) is 2.28. The first-order valence-electron chi connectivity index (χ1n) is 5.42. The summed E-state index contributed by atoms with van der Waals surface area (Å²) in [5.74, 6) is 0.853. The van der Waals surface area contributed by atoms with Gasteiger partial charge in [-0.15, -0.1) is 11.8 Å². The van der Waals surface area contributed by atoms with E-state index in [-0.39, 0.29) is 5.78 Å². The highest BCUT2D eigenvalue weighted by Crippen LogP contribution is 2.23. The predicted molar refractivity (Wildman–Crippen MR) is 67.6 cm³/mol. The summed E-state index contributed by atoms with van der Waals surface area (Å²) in [6.45, 7) is 4.60. The Labute approximate surface area is 95.7 Å². The van der Waals surface area contributed by atoms with Gasteiger partial charge in [0.25, 0.3) is 0 Å². The van der Waals surface area contributed by atoms with Crippen molar-refractivity contribution >= 4 is 29.7 Å². The molecule has 15 heavy (non-hydrogen) atoms. The minimum atomic E-state index is 0.253. The maximum atomic E-state index is 11.0. The zero-order valence-corrected chi connectivity index (χ0v) is 10.1. The van der Waals surface area contributed by atoms with Gasteiger partial charge in [0.2, 0.25) is 0 Å². The van der Waals surface area contributed by atoms with E-state index in [0.29, 0.717) is 12.5 Å². The highest BCUT2D eigenvalue weighted by atomic mass is 32.2. The summed E-state index contributed by atoms with van der Waals surface area (Å²) in [6.07, 6.45) is 2.46. The van der Waals surface area contributed by atoms with Crippen molar-refractivity contribution in [3.8, 4) is 0 Å². The third-order valence-electron chi connectivity index (χ3n) is 2.93. The number of benzene rings is 1. The molecule has 1 nitrogen and oxygen atoms in total. The Balaban J connectivity index is 2.24. The second kappa shape index (κ2) is 4.44. The van der Waals surface area contributed by atoms with Gasteiger partial charge in [0.1, 0.15) is 5.78 Å². The fourth-order valence-corrected chi connectivity index (χ4v) is 3.21. The fraction of sp³-hybridized carbons (Fsp3) is 0.417. The monoisotopic (exact) mass is 218 g/mol. The predicted octanol–water partition coefficient (Wildman–Crippen LogP) is 2.26. The molecule has 0 aromatic heterocycles. The number of hydrogen-bond donors (Lipinski definition) is 0. The lowest BCUT2D eigenvalue weighted by atomic mass is 9.48. The lowest BCUT2D eigenvalue weighted by Crippen LogP contribution is -2.24. The van der Waals surface area contributed by atoms with Crippen molar-refractivity contribution < 1.29 is 4.79 Å². The Kier molecular flexibility index (Phi) is 3.20. The van der Waals surface area contributed by atoms with E-state index in [9.17, 15) is 4.79 Å². The Morgan fingerprint density at radius 2 is 2.33 bits per heavy atom. The van der Waals surface area contributed by atoms with E-state index in [4.69, 9.17) is 0 Å². The molecule has 0 saturated carbocycles. The topological polar surface area (TPSA) is 17.1 Å². The van der Waals surface area contributed by atoms with Gasteiger partial charge in [-0.1, -0.05) is 36.3 Å².